The Morgan fingerprint density at radius 2 is 0.738 bits per heavy atom. The van der Waals surface area contributed by atoms with Crippen molar-refractivity contribution >= 4 is 11.6 Å². The first-order valence-electron chi connectivity index (χ1n) is 13.8. The molecule has 0 atom stereocenters. The summed E-state index contributed by atoms with van der Waals surface area (Å²) >= 11 is 0. The van der Waals surface area contributed by atoms with Crippen molar-refractivity contribution in [2.45, 2.75) is 0 Å². The van der Waals surface area contributed by atoms with Crippen LogP contribution in [0, 0.1) is 0 Å². The van der Waals surface area contributed by atoms with Crippen molar-refractivity contribution in [2.24, 2.45) is 0 Å². The third kappa shape index (κ3) is 7.75. The van der Waals surface area contributed by atoms with Crippen molar-refractivity contribution in [2.75, 3.05) is 52.9 Å². The molecule has 0 unspecified atom stereocenters. The van der Waals surface area contributed by atoms with Gasteiger partial charge < -0.3 is 28.4 Å². The van der Waals surface area contributed by atoms with Crippen LogP contribution in [0.15, 0.2) is 97.1 Å². The molecule has 0 spiro atoms. The molecular formula is C34H32O8. The molecule has 216 valence electrons. The van der Waals surface area contributed by atoms with Crippen molar-refractivity contribution < 1.29 is 38.0 Å². The molecule has 0 bridgehead atoms. The van der Waals surface area contributed by atoms with E-state index in [1.165, 1.54) is 0 Å². The molecule has 8 nitrogen and oxygen atoms in total. The molecule has 0 aromatic heterocycles. The molecule has 0 saturated carbocycles. The van der Waals surface area contributed by atoms with E-state index in [0.29, 0.717) is 71.7 Å². The lowest BCUT2D eigenvalue weighted by Crippen LogP contribution is -2.16. The lowest BCUT2D eigenvalue weighted by Gasteiger charge is -2.16. The molecule has 0 fully saturated rings. The lowest BCUT2D eigenvalue weighted by molar-refractivity contribution is 0.0639. The highest BCUT2D eigenvalue weighted by Crippen LogP contribution is 2.31. The first kappa shape index (κ1) is 28.9. The van der Waals surface area contributed by atoms with E-state index < -0.39 is 0 Å². The molecule has 0 amide bonds. The third-order valence-electron chi connectivity index (χ3n) is 6.42. The second-order valence-electron chi connectivity index (χ2n) is 9.33. The molecule has 42 heavy (non-hydrogen) atoms. The standard InChI is InChI=1S/C34H32O8/c35-33(25-7-3-1-4-8-25)27-11-13-29-31(23-27)41-21-17-37-16-20-40-30-14-12-28(34(36)26-9-5-2-6-10-26)24-32(30)42-22-18-38-15-19-39-29/h1-14,23-24H,15-22H2. The number of benzene rings is 4. The van der Waals surface area contributed by atoms with Crippen LogP contribution in [0.1, 0.15) is 31.8 Å². The van der Waals surface area contributed by atoms with E-state index in [-0.39, 0.29) is 38.0 Å². The highest BCUT2D eigenvalue weighted by atomic mass is 16.6. The first-order chi connectivity index (χ1) is 20.7. The fraction of sp³-hybridized carbons (Fsp3) is 0.235. The van der Waals surface area contributed by atoms with E-state index in [1.54, 1.807) is 60.7 Å². The summed E-state index contributed by atoms with van der Waals surface area (Å²) in [6.07, 6.45) is 0. The number of ether oxygens (including phenoxy) is 6. The molecular weight excluding hydrogens is 536 g/mol. The van der Waals surface area contributed by atoms with Gasteiger partial charge in [-0.2, -0.15) is 0 Å². The molecule has 0 aliphatic carbocycles. The zero-order chi connectivity index (χ0) is 29.0. The topological polar surface area (TPSA) is 89.5 Å². The van der Waals surface area contributed by atoms with Crippen LogP contribution in [0.4, 0.5) is 0 Å². The Kier molecular flexibility index (Phi) is 10.2. The summed E-state index contributed by atoms with van der Waals surface area (Å²) in [6, 6.07) is 28.5. The van der Waals surface area contributed by atoms with E-state index in [4.69, 9.17) is 28.4 Å². The van der Waals surface area contributed by atoms with E-state index in [2.05, 4.69) is 0 Å². The van der Waals surface area contributed by atoms with Crippen LogP contribution in [0.5, 0.6) is 23.0 Å². The Hall–Kier alpha value is -4.66. The number of fused-ring (bicyclic) bond motifs is 2. The minimum absolute atomic E-state index is 0.102. The molecule has 5 rings (SSSR count). The molecule has 1 heterocycles. The van der Waals surface area contributed by atoms with Gasteiger partial charge in [0, 0.05) is 22.3 Å². The van der Waals surface area contributed by atoms with Crippen molar-refractivity contribution in [1.29, 1.82) is 0 Å². The van der Waals surface area contributed by atoms with Crippen molar-refractivity contribution in [1.82, 2.24) is 0 Å². The smallest absolute Gasteiger partial charge is 0.193 e. The SMILES string of the molecule is O=C(c1ccccc1)c1ccc2c(c1)OCCOCCOc1ccc(C(=O)c3ccccc3)cc1OCCOCCO2. The summed E-state index contributed by atoms with van der Waals surface area (Å²) in [5.41, 5.74) is 2.19. The predicted octanol–water partition coefficient (Wildman–Crippen LogP) is 5.41. The summed E-state index contributed by atoms with van der Waals surface area (Å²) < 4.78 is 35.1. The van der Waals surface area contributed by atoms with E-state index in [1.807, 2.05) is 36.4 Å². The van der Waals surface area contributed by atoms with Crippen LogP contribution in [-0.2, 0) is 9.47 Å². The molecule has 0 N–H and O–H groups in total. The van der Waals surface area contributed by atoms with E-state index in [0.717, 1.165) is 0 Å². The first-order valence-corrected chi connectivity index (χ1v) is 13.8. The summed E-state index contributed by atoms with van der Waals surface area (Å²) in [6.45, 7) is 2.27. The fourth-order valence-electron chi connectivity index (χ4n) is 4.32. The number of carbonyl (C=O) groups is 2. The predicted molar refractivity (Wildman–Crippen MR) is 156 cm³/mol. The number of ketones is 2. The van der Waals surface area contributed by atoms with Gasteiger partial charge in [0.25, 0.3) is 0 Å². The van der Waals surface area contributed by atoms with Gasteiger partial charge in [-0.05, 0) is 36.4 Å². The monoisotopic (exact) mass is 568 g/mol. The largest absolute Gasteiger partial charge is 0.487 e. The highest BCUT2D eigenvalue weighted by Gasteiger charge is 2.16. The van der Waals surface area contributed by atoms with Crippen molar-refractivity contribution in [3.63, 3.8) is 0 Å². The van der Waals surface area contributed by atoms with Gasteiger partial charge in [-0.3, -0.25) is 9.59 Å². The average Bonchev–Trinajstić information content (AvgIpc) is 3.04. The molecule has 4 aromatic carbocycles. The molecule has 0 radical (unpaired) electrons. The fourth-order valence-corrected chi connectivity index (χ4v) is 4.32. The molecule has 8 heteroatoms. The Bertz CT molecular complexity index is 1360. The number of rotatable bonds is 4. The number of hydrogen-bond acceptors (Lipinski definition) is 8. The second kappa shape index (κ2) is 14.8. The Balaban J connectivity index is 1.23. The van der Waals surface area contributed by atoms with Gasteiger partial charge >= 0.3 is 0 Å². The summed E-state index contributed by atoms with van der Waals surface area (Å²) in [4.78, 5) is 25.9. The molecule has 1 aliphatic rings. The maximum Gasteiger partial charge on any atom is 0.193 e. The summed E-state index contributed by atoms with van der Waals surface area (Å²) in [5, 5.41) is 0. The van der Waals surface area contributed by atoms with Crippen LogP contribution in [-0.4, -0.2) is 64.4 Å². The molecule has 0 saturated heterocycles. The Labute approximate surface area is 244 Å². The van der Waals surface area contributed by atoms with Gasteiger partial charge in [0.1, 0.15) is 26.4 Å². The summed E-state index contributed by atoms with van der Waals surface area (Å²) in [5.74, 6) is 1.72. The number of carbonyl (C=O) groups excluding carboxylic acids is 2. The Morgan fingerprint density at radius 1 is 0.381 bits per heavy atom. The minimum Gasteiger partial charge on any atom is -0.487 e. The highest BCUT2D eigenvalue weighted by molar-refractivity contribution is 6.09. The zero-order valence-electron chi connectivity index (χ0n) is 23.2. The third-order valence-corrected chi connectivity index (χ3v) is 6.42. The van der Waals surface area contributed by atoms with E-state index >= 15 is 0 Å². The van der Waals surface area contributed by atoms with Crippen LogP contribution in [0.2, 0.25) is 0 Å². The maximum absolute atomic E-state index is 12.9. The maximum atomic E-state index is 12.9. The minimum atomic E-state index is -0.102. The van der Waals surface area contributed by atoms with Gasteiger partial charge in [-0.15, -0.1) is 0 Å². The normalized spacial score (nSPS) is 14.7. The average molecular weight is 569 g/mol. The van der Waals surface area contributed by atoms with Crippen LogP contribution < -0.4 is 18.9 Å². The van der Waals surface area contributed by atoms with Gasteiger partial charge in [0.05, 0.1) is 26.4 Å². The molecule has 4 aromatic rings. The van der Waals surface area contributed by atoms with Crippen molar-refractivity contribution in [3.8, 4) is 23.0 Å². The van der Waals surface area contributed by atoms with Crippen LogP contribution >= 0.6 is 0 Å². The van der Waals surface area contributed by atoms with Gasteiger partial charge in [0.2, 0.25) is 0 Å². The van der Waals surface area contributed by atoms with Crippen LogP contribution in [0.3, 0.4) is 0 Å². The van der Waals surface area contributed by atoms with Gasteiger partial charge in [-0.1, -0.05) is 60.7 Å². The zero-order valence-corrected chi connectivity index (χ0v) is 23.2. The Morgan fingerprint density at radius 3 is 1.12 bits per heavy atom. The van der Waals surface area contributed by atoms with Gasteiger partial charge in [0.15, 0.2) is 34.6 Å². The van der Waals surface area contributed by atoms with E-state index in [9.17, 15) is 9.59 Å². The summed E-state index contributed by atoms with van der Waals surface area (Å²) in [7, 11) is 0. The molecule has 1 aliphatic heterocycles. The van der Waals surface area contributed by atoms with Crippen molar-refractivity contribution in [3.05, 3.63) is 119 Å². The second-order valence-corrected chi connectivity index (χ2v) is 9.33. The van der Waals surface area contributed by atoms with Gasteiger partial charge in [-0.25, -0.2) is 0 Å². The van der Waals surface area contributed by atoms with Crippen LogP contribution in [0.25, 0.3) is 0 Å². The lowest BCUT2D eigenvalue weighted by atomic mass is 10.0. The number of hydrogen-bond donors (Lipinski definition) is 0. The quantitative estimate of drug-likeness (QED) is 0.302.